The molecular weight excluding hydrogens is 366 g/mol. The van der Waals surface area contributed by atoms with Gasteiger partial charge in [0.25, 0.3) is 11.8 Å². The molecule has 140 valence electrons. The fourth-order valence-electron chi connectivity index (χ4n) is 2.10. The average Bonchev–Trinajstić information content (AvgIpc) is 3.10. The van der Waals surface area contributed by atoms with E-state index in [4.69, 9.17) is 0 Å². The van der Waals surface area contributed by atoms with Crippen LogP contribution in [-0.2, 0) is 4.79 Å². The number of anilines is 1. The molecule has 0 fully saturated rings. The van der Waals surface area contributed by atoms with Crippen molar-refractivity contribution in [3.05, 3.63) is 71.3 Å². The first-order valence-corrected chi connectivity index (χ1v) is 8.73. The predicted molar refractivity (Wildman–Crippen MR) is 105 cm³/mol. The molecule has 0 radical (unpaired) electrons. The number of nitrogens with zero attached hydrogens (tertiary/aromatic N) is 2. The number of amides is 2. The fourth-order valence-corrected chi connectivity index (χ4v) is 2.82. The Bertz CT molecular complexity index is 871. The van der Waals surface area contributed by atoms with Crippen molar-refractivity contribution in [3.8, 4) is 5.06 Å². The molecule has 0 atom stereocenters. The predicted octanol–water partition coefficient (Wildman–Crippen LogP) is 2.58. The number of thiophene rings is 1. The van der Waals surface area contributed by atoms with Crippen LogP contribution < -0.4 is 10.3 Å². The van der Waals surface area contributed by atoms with Gasteiger partial charge in [-0.25, -0.2) is 0 Å². The lowest BCUT2D eigenvalue weighted by atomic mass is 10.2. The summed E-state index contributed by atoms with van der Waals surface area (Å²) in [5.41, 5.74) is 3.74. The number of benzene rings is 1. The maximum absolute atomic E-state index is 12.3. The van der Waals surface area contributed by atoms with Gasteiger partial charge < -0.3 is 10.0 Å². The molecule has 0 aliphatic carbocycles. The van der Waals surface area contributed by atoms with Crippen molar-refractivity contribution in [2.24, 2.45) is 0 Å². The van der Waals surface area contributed by atoms with Crippen molar-refractivity contribution in [2.75, 3.05) is 19.0 Å². The second kappa shape index (κ2) is 9.35. The first kappa shape index (κ1) is 19.9. The van der Waals surface area contributed by atoms with E-state index >= 15 is 0 Å². The molecule has 0 aliphatic heterocycles. The lowest BCUT2D eigenvalue weighted by molar-refractivity contribution is -0.104. The van der Waals surface area contributed by atoms with E-state index in [0.29, 0.717) is 16.7 Å². The molecule has 7 nitrogen and oxygen atoms in total. The zero-order valence-corrected chi connectivity index (χ0v) is 15.6. The summed E-state index contributed by atoms with van der Waals surface area (Å²) < 4.78 is 0. The molecule has 27 heavy (non-hydrogen) atoms. The molecule has 2 N–H and O–H groups in total. The number of hydrogen-bond donors (Lipinski definition) is 2. The Labute approximate surface area is 160 Å². The van der Waals surface area contributed by atoms with E-state index in [1.807, 2.05) is 11.9 Å². The number of carbonyl (C=O) groups is 3. The highest BCUT2D eigenvalue weighted by atomic mass is 32.1. The molecule has 0 spiro atoms. The Morgan fingerprint density at radius 3 is 2.33 bits per heavy atom. The normalized spacial score (nSPS) is 10.9. The molecule has 0 bridgehead atoms. The smallest absolute Gasteiger partial charge is 0.282 e. The topological polar surface area (TPSA) is 90.0 Å². The zero-order valence-electron chi connectivity index (χ0n) is 14.8. The first-order valence-electron chi connectivity index (χ1n) is 7.91. The minimum absolute atomic E-state index is 0.0356. The number of aldehydes is 1. The van der Waals surface area contributed by atoms with Gasteiger partial charge in [0.1, 0.15) is 6.29 Å². The minimum atomic E-state index is -0.426. The maximum atomic E-state index is 12.3. The molecule has 2 aromatic rings. The molecule has 1 heterocycles. The highest BCUT2D eigenvalue weighted by Crippen LogP contribution is 2.23. The van der Waals surface area contributed by atoms with Gasteiger partial charge in [0.2, 0.25) is 0 Å². The van der Waals surface area contributed by atoms with Crippen LogP contribution in [0.2, 0.25) is 0 Å². The van der Waals surface area contributed by atoms with Gasteiger partial charge in [-0.3, -0.25) is 24.8 Å². The minimum Gasteiger partial charge on any atom is -0.499 e. The lowest BCUT2D eigenvalue weighted by Gasteiger charge is -2.18. The molecule has 0 unspecified atom stereocenters. The molecule has 0 saturated heterocycles. The van der Waals surface area contributed by atoms with E-state index in [1.54, 1.807) is 42.6 Å². The van der Waals surface area contributed by atoms with E-state index in [9.17, 15) is 19.5 Å². The average molecular weight is 385 g/mol. The van der Waals surface area contributed by atoms with E-state index in [1.165, 1.54) is 25.3 Å². The van der Waals surface area contributed by atoms with Crippen molar-refractivity contribution in [1.29, 1.82) is 0 Å². The summed E-state index contributed by atoms with van der Waals surface area (Å²) >= 11 is 0.939. The molecule has 0 aliphatic rings. The van der Waals surface area contributed by atoms with Gasteiger partial charge in [0.15, 0.2) is 5.06 Å². The summed E-state index contributed by atoms with van der Waals surface area (Å²) in [7, 11) is 3.28. The summed E-state index contributed by atoms with van der Waals surface area (Å²) in [4.78, 5) is 36.8. The molecule has 2 rings (SSSR count). The second-order valence-electron chi connectivity index (χ2n) is 5.46. The van der Waals surface area contributed by atoms with Crippen LogP contribution >= 0.6 is 11.3 Å². The highest BCUT2D eigenvalue weighted by molar-refractivity contribution is 7.15. The van der Waals surface area contributed by atoms with Gasteiger partial charge in [-0.15, -0.1) is 0 Å². The molecule has 1 aromatic carbocycles. The van der Waals surface area contributed by atoms with Crippen molar-refractivity contribution < 1.29 is 19.5 Å². The Hall–Kier alpha value is -3.39. The standard InChI is InChI=1S/C19H19N3O4S/c1-21(12-4-3-5-13-23)15-8-6-14(7-9-15)18(25)20-22(2)19(26)16-10-11-17(24)27-16/h3-13,24H,1-2H3,(H,20,25)/b5-3-,12-4-. The van der Waals surface area contributed by atoms with E-state index in [-0.39, 0.29) is 5.06 Å². The van der Waals surface area contributed by atoms with Crippen LogP contribution in [0.15, 0.2) is 60.8 Å². The van der Waals surface area contributed by atoms with Crippen molar-refractivity contribution in [2.45, 2.75) is 0 Å². The Morgan fingerprint density at radius 1 is 1.04 bits per heavy atom. The highest BCUT2D eigenvalue weighted by Gasteiger charge is 2.17. The van der Waals surface area contributed by atoms with Crippen molar-refractivity contribution in [3.63, 3.8) is 0 Å². The monoisotopic (exact) mass is 385 g/mol. The maximum Gasteiger partial charge on any atom is 0.282 e. The fraction of sp³-hybridized carbons (Fsp3) is 0.105. The van der Waals surface area contributed by atoms with Crippen molar-refractivity contribution >= 4 is 35.1 Å². The summed E-state index contributed by atoms with van der Waals surface area (Å²) in [6.45, 7) is 0. The second-order valence-corrected chi connectivity index (χ2v) is 6.53. The van der Waals surface area contributed by atoms with Crippen LogP contribution in [0.4, 0.5) is 5.69 Å². The van der Waals surface area contributed by atoms with Crippen LogP contribution in [0.1, 0.15) is 20.0 Å². The quantitative estimate of drug-likeness (QED) is 0.345. The lowest BCUT2D eigenvalue weighted by Crippen LogP contribution is -2.43. The van der Waals surface area contributed by atoms with E-state index < -0.39 is 11.8 Å². The summed E-state index contributed by atoms with van der Waals surface area (Å²) in [6.07, 6.45) is 7.19. The van der Waals surface area contributed by atoms with Crippen LogP contribution in [0.25, 0.3) is 0 Å². The third-order valence-corrected chi connectivity index (χ3v) is 4.40. The number of rotatable bonds is 6. The SMILES string of the molecule is CN(NC(=O)c1ccc(N(C)/C=C\C=C/C=O)cc1)C(=O)c1ccc(O)s1. The number of hydrogen-bond acceptors (Lipinski definition) is 6. The number of aromatic hydroxyl groups is 1. The number of nitrogens with one attached hydrogen (secondary N) is 1. The summed E-state index contributed by atoms with van der Waals surface area (Å²) in [6, 6.07) is 9.74. The van der Waals surface area contributed by atoms with Gasteiger partial charge in [-0.1, -0.05) is 17.4 Å². The van der Waals surface area contributed by atoms with Crippen molar-refractivity contribution in [1.82, 2.24) is 10.4 Å². The first-order chi connectivity index (χ1) is 12.9. The Kier molecular flexibility index (Phi) is 6.90. The third kappa shape index (κ3) is 5.55. The Morgan fingerprint density at radius 2 is 1.74 bits per heavy atom. The van der Waals surface area contributed by atoms with Gasteiger partial charge in [-0.05, 0) is 48.6 Å². The summed E-state index contributed by atoms with van der Waals surface area (Å²) in [5, 5.41) is 10.4. The Balaban J connectivity index is 1.98. The molecule has 8 heteroatoms. The van der Waals surface area contributed by atoms with E-state index in [0.717, 1.165) is 22.0 Å². The van der Waals surface area contributed by atoms with Crippen LogP contribution in [0, 0.1) is 0 Å². The van der Waals surface area contributed by atoms with Gasteiger partial charge in [0, 0.05) is 31.5 Å². The third-order valence-electron chi connectivity index (χ3n) is 3.52. The van der Waals surface area contributed by atoms with Gasteiger partial charge in [-0.2, -0.15) is 0 Å². The van der Waals surface area contributed by atoms with Gasteiger partial charge >= 0.3 is 0 Å². The van der Waals surface area contributed by atoms with Crippen LogP contribution in [-0.4, -0.2) is 42.3 Å². The molecule has 0 saturated carbocycles. The zero-order chi connectivity index (χ0) is 19.8. The number of hydrazine groups is 1. The summed E-state index contributed by atoms with van der Waals surface area (Å²) in [5.74, 6) is -0.844. The number of allylic oxidation sites excluding steroid dienone is 3. The molecule has 1 aromatic heterocycles. The van der Waals surface area contributed by atoms with Gasteiger partial charge in [0.05, 0.1) is 4.88 Å². The molecule has 2 amide bonds. The number of carbonyl (C=O) groups excluding carboxylic acids is 3. The molecular formula is C19H19N3O4S. The van der Waals surface area contributed by atoms with Crippen LogP contribution in [0.5, 0.6) is 5.06 Å². The van der Waals surface area contributed by atoms with Crippen LogP contribution in [0.3, 0.4) is 0 Å². The van der Waals surface area contributed by atoms with E-state index in [2.05, 4.69) is 5.43 Å². The largest absolute Gasteiger partial charge is 0.499 e.